The molecule has 1 fully saturated rings. The topological polar surface area (TPSA) is 117 Å². The number of carbonyl (C=O) groups is 2. The maximum atomic E-state index is 13.2. The minimum Gasteiger partial charge on any atom is -0.456 e. The van der Waals surface area contributed by atoms with Gasteiger partial charge in [0.05, 0.1) is 10.6 Å². The normalized spacial score (nSPS) is 12.8. The summed E-state index contributed by atoms with van der Waals surface area (Å²) in [5, 5.41) is 12.1. The smallest absolute Gasteiger partial charge is 0.259 e. The van der Waals surface area contributed by atoms with E-state index in [-0.39, 0.29) is 5.91 Å². The lowest BCUT2D eigenvalue weighted by atomic mass is 9.99. The summed E-state index contributed by atoms with van der Waals surface area (Å²) in [6.07, 6.45) is 3.53. The average Bonchev–Trinajstić information content (AvgIpc) is 2.90. The van der Waals surface area contributed by atoms with Crippen LogP contribution in [-0.2, 0) is 4.79 Å². The maximum Gasteiger partial charge on any atom is 0.259 e. The molecule has 5 rings (SSSR count). The molecule has 0 atom stereocenters. The van der Waals surface area contributed by atoms with E-state index in [0.717, 1.165) is 13.1 Å². The van der Waals surface area contributed by atoms with Crippen LogP contribution in [0.1, 0.15) is 16.8 Å². The molecular formula is C28H24ClFN6O3. The number of halogens is 2. The first-order valence-corrected chi connectivity index (χ1v) is 12.5. The van der Waals surface area contributed by atoms with Crippen molar-refractivity contribution in [1.29, 1.82) is 0 Å². The molecule has 2 amide bonds. The lowest BCUT2D eigenvalue weighted by Gasteiger charge is -2.26. The Bertz CT molecular complexity index is 1500. The van der Waals surface area contributed by atoms with Crippen molar-refractivity contribution < 1.29 is 18.7 Å². The van der Waals surface area contributed by atoms with Crippen LogP contribution in [0.2, 0.25) is 5.02 Å². The van der Waals surface area contributed by atoms with Crippen LogP contribution in [0.15, 0.2) is 79.1 Å². The van der Waals surface area contributed by atoms with Crippen molar-refractivity contribution in [2.24, 2.45) is 5.92 Å². The van der Waals surface area contributed by atoms with Gasteiger partial charge in [-0.15, -0.1) is 0 Å². The zero-order valence-corrected chi connectivity index (χ0v) is 21.3. The summed E-state index contributed by atoms with van der Waals surface area (Å²) < 4.78 is 19.1. The Morgan fingerprint density at radius 3 is 2.51 bits per heavy atom. The molecular weight excluding hydrogens is 523 g/mol. The summed E-state index contributed by atoms with van der Waals surface area (Å²) in [7, 11) is 0. The minimum atomic E-state index is -0.409. The van der Waals surface area contributed by atoms with E-state index in [2.05, 4.69) is 31.2 Å². The third-order valence-corrected chi connectivity index (χ3v) is 6.21. The standard InChI is InChI=1S/C28H24ClFN6O3/c29-23-13-20(34-27-22(2-1-10-33-27)28(38)35-19-5-3-18(30)4-6-19)7-8-24(23)39-21-9-11-32-25(14-21)36-26(37)12-17-15-31-16-17/h1-11,13-14,17,31H,12,15-16H2,(H,33,34)(H,35,38)(H,32,36,37). The molecule has 0 radical (unpaired) electrons. The molecule has 0 unspecified atom stereocenters. The van der Waals surface area contributed by atoms with Crippen molar-refractivity contribution in [2.45, 2.75) is 6.42 Å². The molecule has 1 saturated heterocycles. The highest BCUT2D eigenvalue weighted by molar-refractivity contribution is 6.32. The van der Waals surface area contributed by atoms with Gasteiger partial charge in [0, 0.05) is 36.3 Å². The number of anilines is 4. The number of hydrogen-bond acceptors (Lipinski definition) is 7. The Hall–Kier alpha value is -4.54. The highest BCUT2D eigenvalue weighted by atomic mass is 35.5. The first-order chi connectivity index (χ1) is 18.9. The second-order valence-electron chi connectivity index (χ2n) is 8.89. The number of nitrogens with zero attached hydrogens (tertiary/aromatic N) is 2. The van der Waals surface area contributed by atoms with Gasteiger partial charge in [0.2, 0.25) is 5.91 Å². The van der Waals surface area contributed by atoms with Crippen molar-refractivity contribution in [2.75, 3.05) is 29.0 Å². The van der Waals surface area contributed by atoms with Crippen molar-refractivity contribution >= 4 is 46.4 Å². The molecule has 4 aromatic rings. The molecule has 0 aliphatic carbocycles. The van der Waals surface area contributed by atoms with Gasteiger partial charge in [0.1, 0.15) is 29.0 Å². The molecule has 1 aliphatic heterocycles. The fraction of sp³-hybridized carbons (Fsp3) is 0.143. The van der Waals surface area contributed by atoms with E-state index in [0.29, 0.717) is 57.4 Å². The first kappa shape index (κ1) is 26.1. The van der Waals surface area contributed by atoms with Crippen molar-refractivity contribution in [1.82, 2.24) is 15.3 Å². The van der Waals surface area contributed by atoms with Crippen molar-refractivity contribution in [3.8, 4) is 11.5 Å². The van der Waals surface area contributed by atoms with E-state index >= 15 is 0 Å². The summed E-state index contributed by atoms with van der Waals surface area (Å²) in [5.41, 5.74) is 1.32. The maximum absolute atomic E-state index is 13.2. The van der Waals surface area contributed by atoms with Gasteiger partial charge >= 0.3 is 0 Å². The summed E-state index contributed by atoms with van der Waals surface area (Å²) in [5.74, 6) is 0.998. The van der Waals surface area contributed by atoms with E-state index in [1.807, 2.05) is 0 Å². The summed E-state index contributed by atoms with van der Waals surface area (Å²) in [6.45, 7) is 1.69. The number of pyridine rings is 2. The molecule has 3 heterocycles. The van der Waals surface area contributed by atoms with Crippen LogP contribution in [0.25, 0.3) is 0 Å². The molecule has 2 aromatic carbocycles. The van der Waals surface area contributed by atoms with Crippen LogP contribution in [0.5, 0.6) is 11.5 Å². The third-order valence-electron chi connectivity index (χ3n) is 5.92. The van der Waals surface area contributed by atoms with Crippen LogP contribution in [0.4, 0.5) is 27.4 Å². The average molecular weight is 547 g/mol. The van der Waals surface area contributed by atoms with Gasteiger partial charge in [-0.1, -0.05) is 11.6 Å². The Morgan fingerprint density at radius 2 is 1.77 bits per heavy atom. The molecule has 1 aliphatic rings. The first-order valence-electron chi connectivity index (χ1n) is 12.2. The highest BCUT2D eigenvalue weighted by Crippen LogP contribution is 2.33. The number of hydrogen-bond donors (Lipinski definition) is 4. The number of rotatable bonds is 9. The van der Waals surface area contributed by atoms with Gasteiger partial charge in [-0.25, -0.2) is 14.4 Å². The van der Waals surface area contributed by atoms with Gasteiger partial charge < -0.3 is 26.0 Å². The third kappa shape index (κ3) is 6.86. The summed E-state index contributed by atoms with van der Waals surface area (Å²) in [6, 6.07) is 17.1. The van der Waals surface area contributed by atoms with Crippen LogP contribution < -0.4 is 26.0 Å². The van der Waals surface area contributed by atoms with Crippen LogP contribution >= 0.6 is 11.6 Å². The number of carbonyl (C=O) groups excluding carboxylic acids is 2. The monoisotopic (exact) mass is 546 g/mol. The predicted molar refractivity (Wildman–Crippen MR) is 147 cm³/mol. The molecule has 39 heavy (non-hydrogen) atoms. The Labute approximate surface area is 228 Å². The van der Waals surface area contributed by atoms with Crippen molar-refractivity contribution in [3.63, 3.8) is 0 Å². The molecule has 0 bridgehead atoms. The van der Waals surface area contributed by atoms with Gasteiger partial charge in [-0.2, -0.15) is 0 Å². The molecule has 2 aromatic heterocycles. The SMILES string of the molecule is O=C(CC1CNC1)Nc1cc(Oc2ccc(Nc3ncccc3C(=O)Nc3ccc(F)cc3)cc2Cl)ccn1. The van der Waals surface area contributed by atoms with Crippen LogP contribution in [-0.4, -0.2) is 34.9 Å². The minimum absolute atomic E-state index is 0.0974. The van der Waals surface area contributed by atoms with Gasteiger partial charge in [0.15, 0.2) is 0 Å². The zero-order chi connectivity index (χ0) is 27.2. The van der Waals surface area contributed by atoms with E-state index in [9.17, 15) is 14.0 Å². The Morgan fingerprint density at radius 1 is 0.974 bits per heavy atom. The number of amides is 2. The van der Waals surface area contributed by atoms with Crippen LogP contribution in [0.3, 0.4) is 0 Å². The predicted octanol–water partition coefficient (Wildman–Crippen LogP) is 5.61. The van der Waals surface area contributed by atoms with Gasteiger partial charge in [0.25, 0.3) is 5.91 Å². The second-order valence-corrected chi connectivity index (χ2v) is 9.29. The molecule has 0 saturated carbocycles. The number of aromatic nitrogens is 2. The Balaban J connectivity index is 1.24. The Kier molecular flexibility index (Phi) is 7.95. The van der Waals surface area contributed by atoms with E-state index in [1.165, 1.54) is 24.3 Å². The zero-order valence-electron chi connectivity index (χ0n) is 20.6. The van der Waals surface area contributed by atoms with E-state index in [1.54, 1.807) is 54.9 Å². The lowest BCUT2D eigenvalue weighted by Crippen LogP contribution is -2.43. The van der Waals surface area contributed by atoms with Gasteiger partial charge in [-0.3, -0.25) is 9.59 Å². The number of nitrogens with one attached hydrogen (secondary N) is 4. The largest absolute Gasteiger partial charge is 0.456 e. The number of benzene rings is 2. The molecule has 4 N–H and O–H groups in total. The van der Waals surface area contributed by atoms with Crippen LogP contribution in [0, 0.1) is 11.7 Å². The summed E-state index contributed by atoms with van der Waals surface area (Å²) in [4.78, 5) is 33.5. The quantitative estimate of drug-likeness (QED) is 0.216. The van der Waals surface area contributed by atoms with E-state index in [4.69, 9.17) is 16.3 Å². The fourth-order valence-electron chi connectivity index (χ4n) is 3.84. The van der Waals surface area contributed by atoms with E-state index < -0.39 is 11.7 Å². The molecule has 198 valence electrons. The molecule has 0 spiro atoms. The number of ether oxygens (including phenoxy) is 1. The fourth-order valence-corrected chi connectivity index (χ4v) is 4.06. The van der Waals surface area contributed by atoms with Crippen molar-refractivity contribution in [3.05, 3.63) is 95.5 Å². The second kappa shape index (κ2) is 11.9. The summed E-state index contributed by atoms with van der Waals surface area (Å²) >= 11 is 6.49. The lowest BCUT2D eigenvalue weighted by molar-refractivity contribution is -0.117. The van der Waals surface area contributed by atoms with Gasteiger partial charge in [-0.05, 0) is 79.7 Å². The molecule has 11 heteroatoms. The highest BCUT2D eigenvalue weighted by Gasteiger charge is 2.20. The molecule has 9 nitrogen and oxygen atoms in total.